The molecule has 0 aromatic heterocycles. The third kappa shape index (κ3) is 4.17. The highest BCUT2D eigenvalue weighted by Gasteiger charge is 2.16. The highest BCUT2D eigenvalue weighted by molar-refractivity contribution is 6.68. The largest absolute Gasteiger partial charge is 0.410 e. The zero-order chi connectivity index (χ0) is 15.8. The molecule has 3 N–H and O–H groups in total. The lowest BCUT2D eigenvalue weighted by Gasteiger charge is -2.07. The van der Waals surface area contributed by atoms with Gasteiger partial charge in [0.2, 0.25) is 0 Å². The molecule has 6 heteroatoms. The molecule has 0 radical (unpaired) electrons. The van der Waals surface area contributed by atoms with Gasteiger partial charge in [0, 0.05) is 5.69 Å². The van der Waals surface area contributed by atoms with E-state index in [1.807, 2.05) is 36.4 Å². The van der Waals surface area contributed by atoms with Gasteiger partial charge in [-0.1, -0.05) is 41.6 Å². The van der Waals surface area contributed by atoms with Gasteiger partial charge in [0.05, 0.1) is 11.4 Å². The Balaban J connectivity index is 2.05. The monoisotopic (exact) mass is 296 g/mol. The van der Waals surface area contributed by atoms with E-state index >= 15 is 0 Å². The van der Waals surface area contributed by atoms with Crippen LogP contribution in [0.25, 0.3) is 0 Å². The minimum atomic E-state index is -0.537. The lowest BCUT2D eigenvalue weighted by atomic mass is 10.2. The summed E-state index contributed by atoms with van der Waals surface area (Å²) in [5.74, 6) is -0.537. The second-order valence-electron chi connectivity index (χ2n) is 4.44. The standard InChI is InChI=1S/C16H16N4O2/c1-12(18-19-14-10-6-3-7-11-14)15(20-22)16(21)17-13-8-4-2-5-9-13/h2-11,19,22H,1H3,(H,17,21)/b18-12+,20-15-. The predicted molar refractivity (Wildman–Crippen MR) is 87.5 cm³/mol. The Kier molecular flexibility index (Phi) is 5.25. The van der Waals surface area contributed by atoms with Crippen molar-refractivity contribution < 1.29 is 10.0 Å². The van der Waals surface area contributed by atoms with Crippen molar-refractivity contribution in [2.75, 3.05) is 10.7 Å². The number of hydrogen-bond donors (Lipinski definition) is 3. The third-order valence-electron chi connectivity index (χ3n) is 2.82. The van der Waals surface area contributed by atoms with E-state index in [-0.39, 0.29) is 11.4 Å². The van der Waals surface area contributed by atoms with Crippen molar-refractivity contribution in [3.05, 3.63) is 60.7 Å². The summed E-state index contributed by atoms with van der Waals surface area (Å²) in [6.45, 7) is 1.58. The summed E-state index contributed by atoms with van der Waals surface area (Å²) in [4.78, 5) is 12.1. The molecule has 0 atom stereocenters. The van der Waals surface area contributed by atoms with Gasteiger partial charge in [-0.2, -0.15) is 5.10 Å². The molecule has 6 nitrogen and oxygen atoms in total. The van der Waals surface area contributed by atoms with E-state index in [4.69, 9.17) is 5.21 Å². The van der Waals surface area contributed by atoms with Gasteiger partial charge in [-0.15, -0.1) is 0 Å². The fraction of sp³-hybridized carbons (Fsp3) is 0.0625. The number of oxime groups is 1. The van der Waals surface area contributed by atoms with Crippen LogP contribution in [0.15, 0.2) is 70.9 Å². The molecule has 2 aromatic rings. The highest BCUT2D eigenvalue weighted by atomic mass is 16.4. The summed E-state index contributed by atoms with van der Waals surface area (Å²) in [6.07, 6.45) is 0. The first-order valence-corrected chi connectivity index (χ1v) is 6.65. The van der Waals surface area contributed by atoms with Crippen LogP contribution in [0, 0.1) is 0 Å². The maximum absolute atomic E-state index is 12.1. The van der Waals surface area contributed by atoms with E-state index in [0.717, 1.165) is 5.69 Å². The minimum absolute atomic E-state index is 0.160. The second kappa shape index (κ2) is 7.58. The molecule has 0 aliphatic rings. The molecular weight excluding hydrogens is 280 g/mol. The molecule has 2 aromatic carbocycles. The van der Waals surface area contributed by atoms with Crippen LogP contribution in [0.1, 0.15) is 6.92 Å². The Hall–Kier alpha value is -3.15. The number of para-hydroxylation sites is 2. The summed E-state index contributed by atoms with van der Waals surface area (Å²) < 4.78 is 0. The number of carbonyl (C=O) groups is 1. The SMILES string of the molecule is CC(=N\Nc1ccccc1)/C(=N/O)C(=O)Nc1ccccc1. The van der Waals surface area contributed by atoms with Crippen LogP contribution in [0.3, 0.4) is 0 Å². The molecule has 0 aliphatic heterocycles. The van der Waals surface area contributed by atoms with E-state index < -0.39 is 5.91 Å². The number of nitrogens with one attached hydrogen (secondary N) is 2. The van der Waals surface area contributed by atoms with Crippen molar-refractivity contribution in [2.45, 2.75) is 6.92 Å². The Morgan fingerprint density at radius 2 is 1.50 bits per heavy atom. The van der Waals surface area contributed by atoms with Crippen LogP contribution in [-0.4, -0.2) is 22.5 Å². The first kappa shape index (κ1) is 15.2. The topological polar surface area (TPSA) is 86.1 Å². The van der Waals surface area contributed by atoms with Crippen molar-refractivity contribution in [3.8, 4) is 0 Å². The molecule has 0 spiro atoms. The van der Waals surface area contributed by atoms with Crippen molar-refractivity contribution in [1.29, 1.82) is 0 Å². The summed E-state index contributed by atoms with van der Waals surface area (Å²) in [7, 11) is 0. The molecule has 2 rings (SSSR count). The zero-order valence-corrected chi connectivity index (χ0v) is 12.0. The molecule has 0 aliphatic carbocycles. The van der Waals surface area contributed by atoms with Gasteiger partial charge in [0.15, 0.2) is 5.71 Å². The molecule has 112 valence electrons. The van der Waals surface area contributed by atoms with Gasteiger partial charge in [-0.3, -0.25) is 10.2 Å². The Morgan fingerprint density at radius 3 is 2.05 bits per heavy atom. The maximum Gasteiger partial charge on any atom is 0.279 e. The number of rotatable bonds is 5. The summed E-state index contributed by atoms with van der Waals surface area (Å²) in [5.41, 5.74) is 4.27. The average molecular weight is 296 g/mol. The molecule has 22 heavy (non-hydrogen) atoms. The number of amides is 1. The molecule has 0 heterocycles. The molecule has 0 fully saturated rings. The Morgan fingerprint density at radius 1 is 0.955 bits per heavy atom. The van der Waals surface area contributed by atoms with Gasteiger partial charge in [-0.25, -0.2) is 0 Å². The summed E-state index contributed by atoms with van der Waals surface area (Å²) >= 11 is 0. The van der Waals surface area contributed by atoms with Gasteiger partial charge in [-0.05, 0) is 31.2 Å². The van der Waals surface area contributed by atoms with Crippen molar-refractivity contribution in [1.82, 2.24) is 0 Å². The van der Waals surface area contributed by atoms with Gasteiger partial charge < -0.3 is 10.5 Å². The van der Waals surface area contributed by atoms with Crippen molar-refractivity contribution in [2.24, 2.45) is 10.3 Å². The molecule has 0 saturated heterocycles. The first-order valence-electron chi connectivity index (χ1n) is 6.65. The highest BCUT2D eigenvalue weighted by Crippen LogP contribution is 2.07. The third-order valence-corrected chi connectivity index (χ3v) is 2.82. The second-order valence-corrected chi connectivity index (χ2v) is 4.44. The van der Waals surface area contributed by atoms with E-state index in [2.05, 4.69) is 21.0 Å². The van der Waals surface area contributed by atoms with E-state index in [0.29, 0.717) is 5.69 Å². The van der Waals surface area contributed by atoms with Gasteiger partial charge >= 0.3 is 0 Å². The lowest BCUT2D eigenvalue weighted by Crippen LogP contribution is -2.29. The molecular formula is C16H16N4O2. The fourth-order valence-electron chi connectivity index (χ4n) is 1.71. The number of nitrogens with zero attached hydrogens (tertiary/aromatic N) is 2. The minimum Gasteiger partial charge on any atom is -0.410 e. The van der Waals surface area contributed by atoms with E-state index in [1.54, 1.807) is 31.2 Å². The summed E-state index contributed by atoms with van der Waals surface area (Å²) in [5, 5.41) is 18.8. The van der Waals surface area contributed by atoms with E-state index in [9.17, 15) is 4.79 Å². The number of hydrazone groups is 1. The van der Waals surface area contributed by atoms with Gasteiger partial charge in [0.1, 0.15) is 0 Å². The fourth-order valence-corrected chi connectivity index (χ4v) is 1.71. The molecule has 0 saturated carbocycles. The van der Waals surface area contributed by atoms with Gasteiger partial charge in [0.25, 0.3) is 5.91 Å². The number of hydrogen-bond acceptors (Lipinski definition) is 5. The molecule has 0 bridgehead atoms. The van der Waals surface area contributed by atoms with Crippen LogP contribution in [0.2, 0.25) is 0 Å². The van der Waals surface area contributed by atoms with Crippen molar-refractivity contribution in [3.63, 3.8) is 0 Å². The maximum atomic E-state index is 12.1. The zero-order valence-electron chi connectivity index (χ0n) is 12.0. The van der Waals surface area contributed by atoms with Crippen molar-refractivity contribution >= 4 is 28.7 Å². The van der Waals surface area contributed by atoms with Crippen LogP contribution >= 0.6 is 0 Å². The van der Waals surface area contributed by atoms with Crippen LogP contribution in [0.4, 0.5) is 11.4 Å². The predicted octanol–water partition coefficient (Wildman–Crippen LogP) is 2.94. The first-order chi connectivity index (χ1) is 10.7. The van der Waals surface area contributed by atoms with E-state index in [1.165, 1.54) is 0 Å². The number of benzene rings is 2. The average Bonchev–Trinajstić information content (AvgIpc) is 2.55. The molecule has 1 amide bonds. The molecule has 0 unspecified atom stereocenters. The Labute approximate surface area is 128 Å². The normalized spacial score (nSPS) is 11.9. The lowest BCUT2D eigenvalue weighted by molar-refractivity contribution is -0.110. The number of anilines is 2. The van der Waals surface area contributed by atoms with Crippen LogP contribution < -0.4 is 10.7 Å². The summed E-state index contributed by atoms with van der Waals surface area (Å²) in [6, 6.07) is 18.2. The van der Waals surface area contributed by atoms with Crippen LogP contribution in [-0.2, 0) is 4.79 Å². The smallest absolute Gasteiger partial charge is 0.279 e. The van der Waals surface area contributed by atoms with Crippen LogP contribution in [0.5, 0.6) is 0 Å². The Bertz CT molecular complexity index is 682. The number of carbonyl (C=O) groups excluding carboxylic acids is 1. The quantitative estimate of drug-likeness (QED) is 0.450.